The van der Waals surface area contributed by atoms with E-state index < -0.39 is 0 Å². The van der Waals surface area contributed by atoms with Crippen LogP contribution >= 0.6 is 0 Å². The SMILES string of the molecule is CO[C@H]1O[C@H](COCc2ccccc2)[C@H]2OC[C@H]3CCC=C1[C@H]32. The highest BCUT2D eigenvalue weighted by atomic mass is 16.7. The lowest BCUT2D eigenvalue weighted by Crippen LogP contribution is -2.49. The van der Waals surface area contributed by atoms with Crippen molar-refractivity contribution < 1.29 is 18.9 Å². The summed E-state index contributed by atoms with van der Waals surface area (Å²) in [6.07, 6.45) is 4.40. The molecule has 4 nitrogen and oxygen atoms in total. The molecule has 0 saturated carbocycles. The first kappa shape index (κ1) is 15.3. The van der Waals surface area contributed by atoms with E-state index >= 15 is 0 Å². The van der Waals surface area contributed by atoms with Crippen molar-refractivity contribution in [3.8, 4) is 0 Å². The minimum atomic E-state index is -0.244. The second kappa shape index (κ2) is 6.73. The topological polar surface area (TPSA) is 36.9 Å². The number of rotatable bonds is 5. The van der Waals surface area contributed by atoms with E-state index in [1.165, 1.54) is 17.6 Å². The van der Waals surface area contributed by atoms with Crippen LogP contribution in [0.2, 0.25) is 0 Å². The van der Waals surface area contributed by atoms with Gasteiger partial charge in [0, 0.05) is 13.0 Å². The van der Waals surface area contributed by atoms with Gasteiger partial charge in [-0.25, -0.2) is 0 Å². The third-order valence-electron chi connectivity index (χ3n) is 5.21. The van der Waals surface area contributed by atoms with Crippen molar-refractivity contribution in [1.29, 1.82) is 0 Å². The summed E-state index contributed by atoms with van der Waals surface area (Å²) in [4.78, 5) is 0. The maximum atomic E-state index is 6.13. The van der Waals surface area contributed by atoms with Crippen molar-refractivity contribution in [2.24, 2.45) is 11.8 Å². The van der Waals surface area contributed by atoms with Crippen molar-refractivity contribution >= 4 is 0 Å². The van der Waals surface area contributed by atoms with Crippen LogP contribution in [-0.4, -0.2) is 38.8 Å². The van der Waals surface area contributed by atoms with Gasteiger partial charge < -0.3 is 18.9 Å². The molecule has 1 aromatic carbocycles. The third kappa shape index (κ3) is 2.96. The van der Waals surface area contributed by atoms with Crippen molar-refractivity contribution in [3.63, 3.8) is 0 Å². The average molecular weight is 316 g/mol. The standard InChI is InChI=1S/C19H24O4/c1-20-19-15-9-5-8-14-11-22-18(17(14)15)16(23-19)12-21-10-13-6-3-2-4-7-13/h2-4,6-7,9,14,16-19H,5,8,10-12H2,1H3/t14-,16-,17+,18-,19+/m1/s1. The summed E-state index contributed by atoms with van der Waals surface area (Å²) in [6.45, 7) is 1.97. The molecule has 23 heavy (non-hydrogen) atoms. The van der Waals surface area contributed by atoms with E-state index in [2.05, 4.69) is 18.2 Å². The second-order valence-corrected chi connectivity index (χ2v) is 6.61. The number of ether oxygens (including phenoxy) is 4. The maximum Gasteiger partial charge on any atom is 0.180 e. The average Bonchev–Trinajstić information content (AvgIpc) is 3.04. The zero-order valence-electron chi connectivity index (χ0n) is 13.5. The molecule has 5 atom stereocenters. The quantitative estimate of drug-likeness (QED) is 0.783. The molecule has 124 valence electrons. The van der Waals surface area contributed by atoms with E-state index in [9.17, 15) is 0 Å². The molecular formula is C19H24O4. The highest BCUT2D eigenvalue weighted by molar-refractivity contribution is 5.22. The van der Waals surface area contributed by atoms with Gasteiger partial charge in [-0.05, 0) is 29.9 Å². The van der Waals surface area contributed by atoms with Crippen LogP contribution in [0.3, 0.4) is 0 Å². The zero-order chi connectivity index (χ0) is 15.6. The van der Waals surface area contributed by atoms with Crippen LogP contribution in [0.25, 0.3) is 0 Å². The molecule has 2 aliphatic heterocycles. The molecule has 4 heteroatoms. The van der Waals surface area contributed by atoms with Gasteiger partial charge in [0.05, 0.1) is 25.9 Å². The van der Waals surface area contributed by atoms with Gasteiger partial charge in [0.2, 0.25) is 0 Å². The summed E-state index contributed by atoms with van der Waals surface area (Å²) in [5.74, 6) is 1.05. The lowest BCUT2D eigenvalue weighted by atomic mass is 9.74. The van der Waals surface area contributed by atoms with Crippen molar-refractivity contribution in [1.82, 2.24) is 0 Å². The number of hydrogen-bond donors (Lipinski definition) is 0. The Hall–Kier alpha value is -1.20. The molecule has 3 aliphatic rings. The Morgan fingerprint density at radius 2 is 2.09 bits per heavy atom. The molecule has 0 radical (unpaired) electrons. The Kier molecular flexibility index (Phi) is 4.49. The molecule has 0 N–H and O–H groups in total. The van der Waals surface area contributed by atoms with E-state index in [4.69, 9.17) is 18.9 Å². The van der Waals surface area contributed by atoms with E-state index in [0.717, 1.165) is 13.0 Å². The predicted molar refractivity (Wildman–Crippen MR) is 85.8 cm³/mol. The highest BCUT2D eigenvalue weighted by Gasteiger charge is 2.51. The molecule has 0 bridgehead atoms. The van der Waals surface area contributed by atoms with E-state index in [1.807, 2.05) is 18.2 Å². The Labute approximate surface area is 137 Å². The van der Waals surface area contributed by atoms with Crippen LogP contribution in [0.1, 0.15) is 18.4 Å². The zero-order valence-corrected chi connectivity index (χ0v) is 13.5. The summed E-state index contributed by atoms with van der Waals surface area (Å²) in [6, 6.07) is 10.2. The Morgan fingerprint density at radius 1 is 1.22 bits per heavy atom. The lowest BCUT2D eigenvalue weighted by molar-refractivity contribution is -0.208. The number of methoxy groups -OCH3 is 1. The first-order chi connectivity index (χ1) is 11.4. The fourth-order valence-corrected chi connectivity index (χ4v) is 4.13. The van der Waals surface area contributed by atoms with Gasteiger partial charge >= 0.3 is 0 Å². The van der Waals surface area contributed by atoms with Crippen LogP contribution in [0.4, 0.5) is 0 Å². The van der Waals surface area contributed by atoms with Crippen LogP contribution in [0.15, 0.2) is 42.0 Å². The number of allylic oxidation sites excluding steroid dienone is 1. The normalized spacial score (nSPS) is 35.7. The van der Waals surface area contributed by atoms with Crippen LogP contribution in [0.5, 0.6) is 0 Å². The van der Waals surface area contributed by atoms with Gasteiger partial charge in [0.25, 0.3) is 0 Å². The molecule has 1 aromatic rings. The van der Waals surface area contributed by atoms with Crippen LogP contribution < -0.4 is 0 Å². The Bertz CT molecular complexity index is 556. The third-order valence-corrected chi connectivity index (χ3v) is 5.21. The molecule has 1 aliphatic carbocycles. The Morgan fingerprint density at radius 3 is 2.91 bits per heavy atom. The van der Waals surface area contributed by atoms with Gasteiger partial charge in [0.15, 0.2) is 6.29 Å². The summed E-state index contributed by atoms with van der Waals surface area (Å²) in [7, 11) is 1.72. The Balaban J connectivity index is 1.42. The molecule has 0 aromatic heterocycles. The molecule has 0 spiro atoms. The molecule has 2 saturated heterocycles. The number of benzene rings is 1. The predicted octanol–water partition coefficient (Wildman–Crippen LogP) is 2.93. The lowest BCUT2D eigenvalue weighted by Gasteiger charge is -2.42. The van der Waals surface area contributed by atoms with Crippen molar-refractivity contribution in [2.45, 2.75) is 37.9 Å². The minimum Gasteiger partial charge on any atom is -0.374 e. The summed E-state index contributed by atoms with van der Waals surface area (Å²) < 4.78 is 23.7. The first-order valence-corrected chi connectivity index (χ1v) is 8.48. The summed E-state index contributed by atoms with van der Waals surface area (Å²) in [5.41, 5.74) is 2.46. The molecule has 4 rings (SSSR count). The van der Waals surface area contributed by atoms with Gasteiger partial charge in [-0.3, -0.25) is 0 Å². The molecular weight excluding hydrogens is 292 g/mol. The highest BCUT2D eigenvalue weighted by Crippen LogP contribution is 2.46. The fraction of sp³-hybridized carbons (Fsp3) is 0.579. The number of hydrogen-bond acceptors (Lipinski definition) is 4. The van der Waals surface area contributed by atoms with Gasteiger partial charge in [-0.15, -0.1) is 0 Å². The van der Waals surface area contributed by atoms with Crippen LogP contribution in [-0.2, 0) is 25.6 Å². The van der Waals surface area contributed by atoms with E-state index in [-0.39, 0.29) is 18.5 Å². The van der Waals surface area contributed by atoms with Gasteiger partial charge in [-0.1, -0.05) is 36.4 Å². The second-order valence-electron chi connectivity index (χ2n) is 6.61. The molecule has 2 heterocycles. The largest absolute Gasteiger partial charge is 0.374 e. The fourth-order valence-electron chi connectivity index (χ4n) is 4.13. The summed E-state index contributed by atoms with van der Waals surface area (Å²) in [5, 5.41) is 0. The van der Waals surface area contributed by atoms with Gasteiger partial charge in [-0.2, -0.15) is 0 Å². The van der Waals surface area contributed by atoms with E-state index in [0.29, 0.717) is 25.0 Å². The van der Waals surface area contributed by atoms with Crippen molar-refractivity contribution in [3.05, 3.63) is 47.5 Å². The smallest absolute Gasteiger partial charge is 0.180 e. The monoisotopic (exact) mass is 316 g/mol. The molecule has 0 unspecified atom stereocenters. The molecule has 2 fully saturated rings. The first-order valence-electron chi connectivity index (χ1n) is 8.48. The van der Waals surface area contributed by atoms with Crippen molar-refractivity contribution in [2.75, 3.05) is 20.3 Å². The summed E-state index contributed by atoms with van der Waals surface area (Å²) >= 11 is 0. The van der Waals surface area contributed by atoms with Gasteiger partial charge in [0.1, 0.15) is 6.10 Å². The van der Waals surface area contributed by atoms with E-state index in [1.54, 1.807) is 7.11 Å². The maximum absolute atomic E-state index is 6.13. The minimum absolute atomic E-state index is 0.0612. The molecule has 0 amide bonds. The van der Waals surface area contributed by atoms with Crippen LogP contribution in [0, 0.1) is 11.8 Å².